The van der Waals surface area contributed by atoms with Gasteiger partial charge in [-0.3, -0.25) is 4.79 Å². The summed E-state index contributed by atoms with van der Waals surface area (Å²) in [6.07, 6.45) is 0.555. The highest BCUT2D eigenvalue weighted by Gasteiger charge is 2.31. The van der Waals surface area contributed by atoms with Crippen molar-refractivity contribution >= 4 is 23.2 Å². The SMILES string of the molecule is Cc1ccc(N2CCC(Cl)C2=O)cc1OC(F)F. The lowest BCUT2D eigenvalue weighted by molar-refractivity contribution is -0.116. The molecule has 0 bridgehead atoms. The van der Waals surface area contributed by atoms with Crippen LogP contribution in [0, 0.1) is 6.92 Å². The van der Waals surface area contributed by atoms with Gasteiger partial charge in [-0.25, -0.2) is 0 Å². The number of carbonyl (C=O) groups is 1. The van der Waals surface area contributed by atoms with Gasteiger partial charge in [0.1, 0.15) is 11.1 Å². The molecule has 6 heteroatoms. The minimum atomic E-state index is -2.88. The van der Waals surface area contributed by atoms with E-state index in [2.05, 4.69) is 4.74 Å². The molecule has 0 aliphatic carbocycles. The zero-order chi connectivity index (χ0) is 13.3. The molecular weight excluding hydrogens is 264 g/mol. The minimum absolute atomic E-state index is 0.0772. The molecule has 1 aliphatic heterocycles. The van der Waals surface area contributed by atoms with E-state index >= 15 is 0 Å². The molecule has 1 saturated heterocycles. The lowest BCUT2D eigenvalue weighted by atomic mass is 10.2. The van der Waals surface area contributed by atoms with Crippen LogP contribution in [0.25, 0.3) is 0 Å². The van der Waals surface area contributed by atoms with E-state index in [4.69, 9.17) is 11.6 Å². The van der Waals surface area contributed by atoms with Crippen molar-refractivity contribution in [1.29, 1.82) is 0 Å². The van der Waals surface area contributed by atoms with E-state index in [1.54, 1.807) is 19.1 Å². The predicted octanol–water partition coefficient (Wildman–Crippen LogP) is 2.94. The van der Waals surface area contributed by atoms with Crippen LogP contribution < -0.4 is 9.64 Å². The molecule has 1 heterocycles. The third kappa shape index (κ3) is 2.56. The van der Waals surface area contributed by atoms with E-state index < -0.39 is 12.0 Å². The summed E-state index contributed by atoms with van der Waals surface area (Å²) in [5, 5.41) is -0.536. The Balaban J connectivity index is 2.27. The average Bonchev–Trinajstić information content (AvgIpc) is 2.63. The number of nitrogens with zero attached hydrogens (tertiary/aromatic N) is 1. The Hall–Kier alpha value is -1.36. The van der Waals surface area contributed by atoms with Crippen LogP contribution in [0.5, 0.6) is 5.75 Å². The number of alkyl halides is 3. The first-order chi connectivity index (χ1) is 8.49. The van der Waals surface area contributed by atoms with Gasteiger partial charge in [0.15, 0.2) is 0 Å². The fourth-order valence-corrected chi connectivity index (χ4v) is 2.10. The molecule has 18 heavy (non-hydrogen) atoms. The van der Waals surface area contributed by atoms with Crippen molar-refractivity contribution in [2.45, 2.75) is 25.3 Å². The van der Waals surface area contributed by atoms with Crippen LogP contribution in [0.1, 0.15) is 12.0 Å². The zero-order valence-electron chi connectivity index (χ0n) is 9.70. The summed E-state index contributed by atoms with van der Waals surface area (Å²) in [6.45, 7) is -0.726. The quantitative estimate of drug-likeness (QED) is 0.794. The number of carbonyl (C=O) groups excluding carboxylic acids is 1. The van der Waals surface area contributed by atoms with Crippen LogP contribution >= 0.6 is 11.6 Å². The second-order valence-electron chi connectivity index (χ2n) is 4.07. The van der Waals surface area contributed by atoms with Gasteiger partial charge < -0.3 is 9.64 Å². The van der Waals surface area contributed by atoms with Crippen LogP contribution in [0.4, 0.5) is 14.5 Å². The molecule has 0 spiro atoms. The Morgan fingerprint density at radius 2 is 2.22 bits per heavy atom. The summed E-state index contributed by atoms with van der Waals surface area (Å²) in [5.74, 6) is -0.128. The topological polar surface area (TPSA) is 29.5 Å². The van der Waals surface area contributed by atoms with Gasteiger partial charge >= 0.3 is 6.61 Å². The maximum atomic E-state index is 12.2. The van der Waals surface area contributed by atoms with Crippen molar-refractivity contribution in [2.24, 2.45) is 0 Å². The summed E-state index contributed by atoms with van der Waals surface area (Å²) in [4.78, 5) is 13.2. The number of hydrogen-bond acceptors (Lipinski definition) is 2. The van der Waals surface area contributed by atoms with Crippen molar-refractivity contribution in [3.05, 3.63) is 23.8 Å². The minimum Gasteiger partial charge on any atom is -0.434 e. The summed E-state index contributed by atoms with van der Waals surface area (Å²) in [6, 6.07) is 4.77. The van der Waals surface area contributed by atoms with Crippen molar-refractivity contribution < 1.29 is 18.3 Å². The molecule has 1 unspecified atom stereocenters. The molecule has 0 N–H and O–H groups in total. The highest BCUT2D eigenvalue weighted by Crippen LogP contribution is 2.30. The number of amides is 1. The molecule has 1 aromatic rings. The fourth-order valence-electron chi connectivity index (χ4n) is 1.88. The van der Waals surface area contributed by atoms with Gasteiger partial charge in [-0.2, -0.15) is 8.78 Å². The second-order valence-corrected chi connectivity index (χ2v) is 4.60. The maximum Gasteiger partial charge on any atom is 0.387 e. The van der Waals surface area contributed by atoms with Crippen LogP contribution in [0.3, 0.4) is 0 Å². The number of benzene rings is 1. The highest BCUT2D eigenvalue weighted by molar-refractivity contribution is 6.33. The monoisotopic (exact) mass is 275 g/mol. The van der Waals surface area contributed by atoms with Gasteiger partial charge in [-0.05, 0) is 25.0 Å². The molecule has 1 aromatic carbocycles. The third-order valence-corrected chi connectivity index (χ3v) is 3.24. The van der Waals surface area contributed by atoms with Crippen LogP contribution in [0.2, 0.25) is 0 Å². The van der Waals surface area contributed by atoms with E-state index in [0.717, 1.165) is 0 Å². The number of halogens is 3. The molecule has 2 rings (SSSR count). The van der Waals surface area contributed by atoms with Crippen molar-refractivity contribution in [1.82, 2.24) is 0 Å². The first-order valence-electron chi connectivity index (χ1n) is 5.50. The first kappa shape index (κ1) is 13.1. The molecule has 98 valence electrons. The van der Waals surface area contributed by atoms with Crippen LogP contribution in [-0.2, 0) is 4.79 Å². The molecule has 1 amide bonds. The molecular formula is C12H12ClF2NO2. The van der Waals surface area contributed by atoms with E-state index in [1.807, 2.05) is 0 Å². The molecule has 1 aliphatic rings. The first-order valence-corrected chi connectivity index (χ1v) is 5.93. The van der Waals surface area contributed by atoms with Gasteiger partial charge in [0.2, 0.25) is 5.91 Å². The summed E-state index contributed by atoms with van der Waals surface area (Å²) >= 11 is 5.82. The van der Waals surface area contributed by atoms with Crippen LogP contribution in [-0.4, -0.2) is 24.4 Å². The predicted molar refractivity (Wildman–Crippen MR) is 64.4 cm³/mol. The van der Waals surface area contributed by atoms with Crippen molar-refractivity contribution in [3.8, 4) is 5.75 Å². The smallest absolute Gasteiger partial charge is 0.387 e. The Labute approximate surface area is 108 Å². The zero-order valence-corrected chi connectivity index (χ0v) is 10.5. The number of anilines is 1. The summed E-state index contributed by atoms with van der Waals surface area (Å²) in [5.41, 5.74) is 1.12. The van der Waals surface area contributed by atoms with E-state index in [-0.39, 0.29) is 11.7 Å². The lowest BCUT2D eigenvalue weighted by Gasteiger charge is -2.18. The second kappa shape index (κ2) is 5.10. The van der Waals surface area contributed by atoms with E-state index in [0.29, 0.717) is 24.2 Å². The molecule has 1 fully saturated rings. The van der Waals surface area contributed by atoms with Crippen molar-refractivity contribution in [3.63, 3.8) is 0 Å². The Morgan fingerprint density at radius 1 is 1.50 bits per heavy atom. The normalized spacial score (nSPS) is 19.7. The van der Waals surface area contributed by atoms with Gasteiger partial charge in [0.25, 0.3) is 0 Å². The molecule has 3 nitrogen and oxygen atoms in total. The summed E-state index contributed by atoms with van der Waals surface area (Å²) in [7, 11) is 0. The Kier molecular flexibility index (Phi) is 3.71. The number of hydrogen-bond donors (Lipinski definition) is 0. The van der Waals surface area contributed by atoms with Crippen LogP contribution in [0.15, 0.2) is 18.2 Å². The third-order valence-electron chi connectivity index (χ3n) is 2.84. The highest BCUT2D eigenvalue weighted by atomic mass is 35.5. The molecule has 0 aromatic heterocycles. The standard InChI is InChI=1S/C12H12ClF2NO2/c1-7-2-3-8(6-10(7)18-12(14)15)16-5-4-9(13)11(16)17/h2-3,6,9,12H,4-5H2,1H3. The van der Waals surface area contributed by atoms with Gasteiger partial charge in [0, 0.05) is 18.3 Å². The number of rotatable bonds is 3. The average molecular weight is 276 g/mol. The maximum absolute atomic E-state index is 12.2. The van der Waals surface area contributed by atoms with Gasteiger partial charge in [-0.15, -0.1) is 11.6 Å². The van der Waals surface area contributed by atoms with E-state index in [9.17, 15) is 13.6 Å². The largest absolute Gasteiger partial charge is 0.434 e. The van der Waals surface area contributed by atoms with Gasteiger partial charge in [0.05, 0.1) is 0 Å². The molecule has 0 saturated carbocycles. The number of ether oxygens (including phenoxy) is 1. The van der Waals surface area contributed by atoms with E-state index in [1.165, 1.54) is 11.0 Å². The Bertz CT molecular complexity index is 467. The number of aryl methyl sites for hydroxylation is 1. The Morgan fingerprint density at radius 3 is 2.78 bits per heavy atom. The molecule has 1 atom stereocenters. The fraction of sp³-hybridized carbons (Fsp3) is 0.417. The van der Waals surface area contributed by atoms with Gasteiger partial charge in [-0.1, -0.05) is 6.07 Å². The summed E-state index contributed by atoms with van der Waals surface area (Å²) < 4.78 is 28.9. The van der Waals surface area contributed by atoms with Crippen molar-refractivity contribution in [2.75, 3.05) is 11.4 Å². The molecule has 0 radical (unpaired) electrons. The lowest BCUT2D eigenvalue weighted by Crippen LogP contribution is -2.27.